The van der Waals surface area contributed by atoms with Gasteiger partial charge in [0.15, 0.2) is 0 Å². The van der Waals surface area contributed by atoms with Crippen LogP contribution in [0, 0.1) is 6.92 Å². The maximum atomic E-state index is 11.8. The van der Waals surface area contributed by atoms with Crippen molar-refractivity contribution >= 4 is 38.7 Å². The van der Waals surface area contributed by atoms with Crippen LogP contribution in [-0.2, 0) is 16.1 Å². The molecule has 1 aromatic carbocycles. The number of carbonyl (C=O) groups is 1. The highest BCUT2D eigenvalue weighted by atomic mass is 79.9. The number of nitrogens with zero attached hydrogens (tertiary/aromatic N) is 1. The molecule has 0 bridgehead atoms. The minimum absolute atomic E-state index is 0. The maximum Gasteiger partial charge on any atom is 0.372 e. The van der Waals surface area contributed by atoms with Crippen LogP contribution in [0.1, 0.15) is 11.9 Å². The van der Waals surface area contributed by atoms with E-state index >= 15 is 0 Å². The summed E-state index contributed by atoms with van der Waals surface area (Å²) >= 11 is 1.53. The molecule has 0 fully saturated rings. The molecule has 0 amide bonds. The molecule has 0 atom stereocenters. The number of hydrogen-bond donors (Lipinski definition) is 0. The molecule has 2 aromatic heterocycles. The second-order valence-corrected chi connectivity index (χ2v) is 5.78. The van der Waals surface area contributed by atoms with Crippen LogP contribution in [0.2, 0.25) is 0 Å². The summed E-state index contributed by atoms with van der Waals surface area (Å²) in [5.41, 5.74) is 1.70. The van der Waals surface area contributed by atoms with Crippen molar-refractivity contribution in [2.24, 2.45) is 0 Å². The Morgan fingerprint density at radius 1 is 1.41 bits per heavy atom. The van der Waals surface area contributed by atoms with Gasteiger partial charge in [-0.05, 0) is 36.5 Å². The van der Waals surface area contributed by atoms with Gasteiger partial charge in [0.2, 0.25) is 11.6 Å². The number of aryl methyl sites for hydroxylation is 1. The number of fused-ring (bicyclic) bond motifs is 3. The zero-order valence-electron chi connectivity index (χ0n) is 12.5. The van der Waals surface area contributed by atoms with Gasteiger partial charge in [-0.3, -0.25) is 0 Å². The Bertz CT molecular complexity index is 824. The van der Waals surface area contributed by atoms with E-state index in [9.17, 15) is 4.79 Å². The molecule has 0 saturated carbocycles. The van der Waals surface area contributed by atoms with Crippen molar-refractivity contribution in [2.45, 2.75) is 20.4 Å². The minimum Gasteiger partial charge on any atom is -1.00 e. The summed E-state index contributed by atoms with van der Waals surface area (Å²) in [6.45, 7) is 4.33. The number of aromatic nitrogens is 1. The smallest absolute Gasteiger partial charge is 0.372 e. The van der Waals surface area contributed by atoms with Gasteiger partial charge < -0.3 is 30.9 Å². The van der Waals surface area contributed by atoms with Crippen LogP contribution < -0.4 is 26.3 Å². The Hall–Kier alpha value is -1.60. The van der Waals surface area contributed by atoms with Crippen molar-refractivity contribution < 1.29 is 40.2 Å². The predicted molar refractivity (Wildman–Crippen MR) is 79.7 cm³/mol. The van der Waals surface area contributed by atoms with Gasteiger partial charge in [0.05, 0.1) is 19.1 Å². The largest absolute Gasteiger partial charge is 1.00 e. The van der Waals surface area contributed by atoms with E-state index in [-0.39, 0.29) is 29.5 Å². The molecule has 0 radical (unpaired) electrons. The third kappa shape index (κ3) is 2.83. The highest BCUT2D eigenvalue weighted by molar-refractivity contribution is 7.17. The second-order valence-electron chi connectivity index (χ2n) is 4.61. The Labute approximate surface area is 142 Å². The Morgan fingerprint density at radius 3 is 2.86 bits per heavy atom. The van der Waals surface area contributed by atoms with E-state index in [0.29, 0.717) is 6.61 Å². The molecule has 0 saturated heterocycles. The Kier molecular flexibility index (Phi) is 5.08. The normalized spacial score (nSPS) is 10.7. The van der Waals surface area contributed by atoms with Crippen LogP contribution in [-0.4, -0.2) is 19.7 Å². The van der Waals surface area contributed by atoms with E-state index in [1.54, 1.807) is 14.0 Å². The molecule has 3 rings (SSSR count). The van der Waals surface area contributed by atoms with Crippen molar-refractivity contribution in [1.82, 2.24) is 0 Å². The fraction of sp³-hybridized carbons (Fsp3) is 0.333. The summed E-state index contributed by atoms with van der Waals surface area (Å²) in [5, 5.41) is 1.94. The molecule has 5 nitrogen and oxygen atoms in total. The summed E-state index contributed by atoms with van der Waals surface area (Å²) in [4.78, 5) is 12.6. The first-order valence-corrected chi connectivity index (χ1v) is 7.50. The number of carbonyl (C=O) groups excluding carboxylic acids is 1. The molecule has 0 unspecified atom stereocenters. The van der Waals surface area contributed by atoms with Gasteiger partial charge >= 0.3 is 5.97 Å². The van der Waals surface area contributed by atoms with Gasteiger partial charge in [0, 0.05) is 6.92 Å². The van der Waals surface area contributed by atoms with Gasteiger partial charge in [0.25, 0.3) is 10.4 Å². The number of benzene rings is 1. The predicted octanol–water partition coefficient (Wildman–Crippen LogP) is -0.181. The van der Waals surface area contributed by atoms with E-state index in [0.717, 1.165) is 32.1 Å². The third-order valence-electron chi connectivity index (χ3n) is 3.32. The molecule has 0 aliphatic carbocycles. The quantitative estimate of drug-likeness (QED) is 0.461. The molecule has 118 valence electrons. The van der Waals surface area contributed by atoms with Crippen molar-refractivity contribution in [2.75, 3.05) is 13.7 Å². The monoisotopic (exact) mass is 385 g/mol. The minimum atomic E-state index is -0.248. The molecule has 0 N–H and O–H groups in total. The maximum absolute atomic E-state index is 11.8. The van der Waals surface area contributed by atoms with E-state index in [1.807, 2.05) is 29.7 Å². The average Bonchev–Trinajstić information content (AvgIpc) is 2.95. The number of halogens is 1. The number of thiazole rings is 1. The summed E-state index contributed by atoms with van der Waals surface area (Å²) in [5.74, 6) is 0.513. The van der Waals surface area contributed by atoms with E-state index < -0.39 is 0 Å². The van der Waals surface area contributed by atoms with Gasteiger partial charge in [-0.15, -0.1) is 0 Å². The van der Waals surface area contributed by atoms with Crippen LogP contribution in [0.4, 0.5) is 0 Å². The Morgan fingerprint density at radius 2 is 2.18 bits per heavy atom. The van der Waals surface area contributed by atoms with Crippen molar-refractivity contribution in [3.63, 3.8) is 0 Å². The standard InChI is InChI=1S/C15H16NO4S.BrH/c1-4-19-13(17)8-16-9(2)21-15-14(16)11-7-10(18-3)5-6-12(11)20-15;/h5-7H,4,8H2,1-3H3;1H/q+1;/p-1. The first-order valence-electron chi connectivity index (χ1n) is 6.69. The molecule has 0 spiro atoms. The first kappa shape index (κ1) is 16.8. The lowest BCUT2D eigenvalue weighted by Gasteiger charge is -1.99. The van der Waals surface area contributed by atoms with Crippen molar-refractivity contribution in [3.8, 4) is 5.75 Å². The van der Waals surface area contributed by atoms with Gasteiger partial charge in [-0.25, -0.2) is 4.79 Å². The van der Waals surface area contributed by atoms with Gasteiger partial charge in [-0.1, -0.05) is 0 Å². The summed E-state index contributed by atoms with van der Waals surface area (Å²) < 4.78 is 18.1. The first-order chi connectivity index (χ1) is 10.1. The second kappa shape index (κ2) is 6.66. The number of furan rings is 1. The van der Waals surface area contributed by atoms with Crippen molar-refractivity contribution in [3.05, 3.63) is 23.2 Å². The SMILES string of the molecule is CCOC(=O)C[n+]1c(C)sc2oc3ccc(OC)cc3c21.[Br-]. The molecule has 22 heavy (non-hydrogen) atoms. The van der Waals surface area contributed by atoms with Gasteiger partial charge in [-0.2, -0.15) is 4.57 Å². The molecule has 0 aliphatic heterocycles. The van der Waals surface area contributed by atoms with Crippen LogP contribution in [0.15, 0.2) is 22.6 Å². The topological polar surface area (TPSA) is 52.5 Å². The Balaban J connectivity index is 0.00000176. The summed E-state index contributed by atoms with van der Waals surface area (Å²) in [6.07, 6.45) is 0. The fourth-order valence-electron chi connectivity index (χ4n) is 2.37. The van der Waals surface area contributed by atoms with Crippen LogP contribution in [0.3, 0.4) is 0 Å². The zero-order valence-corrected chi connectivity index (χ0v) is 14.9. The number of hydrogen-bond acceptors (Lipinski definition) is 5. The highest BCUT2D eigenvalue weighted by Gasteiger charge is 2.27. The van der Waals surface area contributed by atoms with Crippen molar-refractivity contribution in [1.29, 1.82) is 0 Å². The number of rotatable bonds is 4. The van der Waals surface area contributed by atoms with Gasteiger partial charge in [0.1, 0.15) is 11.3 Å². The molecule has 7 heteroatoms. The zero-order chi connectivity index (χ0) is 15.0. The number of ether oxygens (including phenoxy) is 2. The van der Waals surface area contributed by atoms with Crippen LogP contribution in [0.25, 0.3) is 21.4 Å². The third-order valence-corrected chi connectivity index (χ3v) is 4.30. The lowest BCUT2D eigenvalue weighted by atomic mass is 10.2. The summed E-state index contributed by atoms with van der Waals surface area (Å²) in [6, 6.07) is 5.66. The molecule has 0 aliphatic rings. The fourth-order valence-corrected chi connectivity index (χ4v) is 3.35. The molecule has 3 aromatic rings. The number of methoxy groups -OCH3 is 1. The van der Waals surface area contributed by atoms with Crippen LogP contribution >= 0.6 is 11.3 Å². The lowest BCUT2D eigenvalue weighted by molar-refractivity contribution is -0.661. The molecule has 2 heterocycles. The highest BCUT2D eigenvalue weighted by Crippen LogP contribution is 2.33. The molecular weight excluding hydrogens is 370 g/mol. The van der Waals surface area contributed by atoms with Crippen LogP contribution in [0.5, 0.6) is 5.75 Å². The average molecular weight is 386 g/mol. The molecular formula is C15H16BrNO4S. The lowest BCUT2D eigenvalue weighted by Crippen LogP contribution is -3.00. The van der Waals surface area contributed by atoms with E-state index in [1.165, 1.54) is 11.3 Å². The number of esters is 1. The van der Waals surface area contributed by atoms with E-state index in [2.05, 4.69) is 0 Å². The van der Waals surface area contributed by atoms with E-state index in [4.69, 9.17) is 13.9 Å². The summed E-state index contributed by atoms with van der Waals surface area (Å²) in [7, 11) is 1.63.